The van der Waals surface area contributed by atoms with Crippen molar-refractivity contribution < 1.29 is 14.3 Å². The monoisotopic (exact) mass is 355 g/mol. The Morgan fingerprint density at radius 3 is 2.71 bits per heavy atom. The number of ether oxygens (including phenoxy) is 1. The first kappa shape index (κ1) is 17.7. The number of hydrogen-bond donors (Lipinski definition) is 0. The van der Waals surface area contributed by atoms with Crippen LogP contribution < -0.4 is 4.90 Å². The number of unbranched alkanes of at least 4 members (excludes halogenated alkanes) is 1. The molecule has 0 aliphatic heterocycles. The van der Waals surface area contributed by atoms with Crippen LogP contribution in [0.25, 0.3) is 0 Å². The first-order chi connectivity index (χ1) is 10.1. The number of hydrogen-bond acceptors (Lipinski definition) is 4. The summed E-state index contributed by atoms with van der Waals surface area (Å²) >= 11 is 3.38. The van der Waals surface area contributed by atoms with Crippen LogP contribution in [0.4, 0.5) is 5.69 Å². The Morgan fingerprint density at radius 1 is 1.33 bits per heavy atom. The summed E-state index contributed by atoms with van der Waals surface area (Å²) < 4.78 is 5.53. The topological polar surface area (TPSA) is 46.6 Å². The molecule has 0 aliphatic carbocycles. The highest BCUT2D eigenvalue weighted by Gasteiger charge is 2.11. The summed E-state index contributed by atoms with van der Waals surface area (Å²) in [6, 6.07) is 5.74. The fraction of sp³-hybridized carbons (Fsp3) is 0.500. The van der Waals surface area contributed by atoms with E-state index in [1.165, 1.54) is 7.11 Å². The van der Waals surface area contributed by atoms with Crippen molar-refractivity contribution in [3.8, 4) is 0 Å². The van der Waals surface area contributed by atoms with E-state index in [1.54, 1.807) is 0 Å². The number of esters is 1. The molecule has 0 atom stereocenters. The van der Waals surface area contributed by atoms with Crippen LogP contribution >= 0.6 is 15.9 Å². The second-order valence-corrected chi connectivity index (χ2v) is 5.76. The molecule has 0 spiro atoms. The molecule has 1 rings (SSSR count). The van der Waals surface area contributed by atoms with Crippen molar-refractivity contribution in [2.75, 3.05) is 25.1 Å². The van der Waals surface area contributed by atoms with Gasteiger partial charge in [-0.1, -0.05) is 22.9 Å². The first-order valence-electron chi connectivity index (χ1n) is 7.18. The number of aldehydes is 1. The summed E-state index contributed by atoms with van der Waals surface area (Å²) in [6.45, 7) is 3.83. The third-order valence-corrected chi connectivity index (χ3v) is 3.73. The van der Waals surface area contributed by atoms with E-state index in [0.29, 0.717) is 12.0 Å². The summed E-state index contributed by atoms with van der Waals surface area (Å²) in [7, 11) is 1.41. The molecule has 4 nitrogen and oxygen atoms in total. The summed E-state index contributed by atoms with van der Waals surface area (Å²) in [5, 5.41) is 0. The number of methoxy groups -OCH3 is 1. The lowest BCUT2D eigenvalue weighted by atomic mass is 10.1. The van der Waals surface area contributed by atoms with E-state index in [2.05, 4.69) is 32.5 Å². The number of carbonyl (C=O) groups excluding carboxylic acids is 2. The maximum Gasteiger partial charge on any atom is 0.305 e. The second-order valence-electron chi connectivity index (χ2n) is 4.84. The second kappa shape index (κ2) is 9.55. The molecule has 1 aromatic rings. The van der Waals surface area contributed by atoms with Gasteiger partial charge in [0.15, 0.2) is 6.29 Å². The molecule has 0 radical (unpaired) electrons. The van der Waals surface area contributed by atoms with Gasteiger partial charge in [-0.2, -0.15) is 0 Å². The molecule has 0 aromatic heterocycles. The lowest BCUT2D eigenvalue weighted by Gasteiger charge is -2.25. The Kier molecular flexibility index (Phi) is 8.05. The largest absolute Gasteiger partial charge is 0.469 e. The fourth-order valence-corrected chi connectivity index (χ4v) is 2.58. The summed E-state index contributed by atoms with van der Waals surface area (Å²) in [5.41, 5.74) is 1.64. The van der Waals surface area contributed by atoms with Gasteiger partial charge in [0.05, 0.1) is 7.11 Å². The summed E-state index contributed by atoms with van der Waals surface area (Å²) in [6.07, 6.45) is 4.02. The van der Waals surface area contributed by atoms with E-state index in [1.807, 2.05) is 18.2 Å². The minimum Gasteiger partial charge on any atom is -0.469 e. The molecule has 0 saturated heterocycles. The molecule has 5 heteroatoms. The van der Waals surface area contributed by atoms with E-state index in [-0.39, 0.29) is 5.97 Å². The van der Waals surface area contributed by atoms with Crippen molar-refractivity contribution in [3.05, 3.63) is 28.2 Å². The molecule has 1 aromatic carbocycles. The maximum absolute atomic E-state index is 11.2. The van der Waals surface area contributed by atoms with Crippen LogP contribution in [0.15, 0.2) is 22.7 Å². The summed E-state index contributed by atoms with van der Waals surface area (Å²) in [4.78, 5) is 24.5. The maximum atomic E-state index is 11.2. The molecule has 0 saturated carbocycles. The van der Waals surface area contributed by atoms with Crippen molar-refractivity contribution in [1.29, 1.82) is 0 Å². The van der Waals surface area contributed by atoms with Gasteiger partial charge in [-0.3, -0.25) is 9.59 Å². The van der Waals surface area contributed by atoms with Crippen LogP contribution in [0.2, 0.25) is 0 Å². The van der Waals surface area contributed by atoms with E-state index in [9.17, 15) is 9.59 Å². The minimum atomic E-state index is -0.172. The van der Waals surface area contributed by atoms with Crippen LogP contribution in [-0.4, -0.2) is 32.5 Å². The molecular formula is C16H22BrNO3. The zero-order valence-corrected chi connectivity index (χ0v) is 14.2. The Bertz CT molecular complexity index is 477. The molecule has 0 unspecified atom stereocenters. The third kappa shape index (κ3) is 5.87. The summed E-state index contributed by atoms with van der Waals surface area (Å²) in [5.74, 6) is -0.172. The van der Waals surface area contributed by atoms with Gasteiger partial charge in [-0.05, 0) is 37.5 Å². The molecule has 21 heavy (non-hydrogen) atoms. The molecule has 0 aliphatic rings. The van der Waals surface area contributed by atoms with Crippen LogP contribution in [0.3, 0.4) is 0 Å². The van der Waals surface area contributed by atoms with Gasteiger partial charge < -0.3 is 9.64 Å². The SMILES string of the molecule is CCCN(CCCCC(=O)OC)c1ccc(Br)cc1C=O. The van der Waals surface area contributed by atoms with Gasteiger partial charge in [0.25, 0.3) is 0 Å². The zero-order chi connectivity index (χ0) is 15.7. The Morgan fingerprint density at radius 2 is 2.10 bits per heavy atom. The lowest BCUT2D eigenvalue weighted by Crippen LogP contribution is -2.26. The predicted octanol–water partition coefficient (Wildman–Crippen LogP) is 3.82. The van der Waals surface area contributed by atoms with E-state index in [4.69, 9.17) is 0 Å². The van der Waals surface area contributed by atoms with Gasteiger partial charge >= 0.3 is 5.97 Å². The average Bonchev–Trinajstić information content (AvgIpc) is 2.50. The van der Waals surface area contributed by atoms with Crippen LogP contribution in [-0.2, 0) is 9.53 Å². The highest BCUT2D eigenvalue weighted by atomic mass is 79.9. The van der Waals surface area contributed by atoms with Crippen molar-refractivity contribution in [2.45, 2.75) is 32.6 Å². The predicted molar refractivity (Wildman–Crippen MR) is 87.9 cm³/mol. The molecule has 0 N–H and O–H groups in total. The van der Waals surface area contributed by atoms with Crippen molar-refractivity contribution >= 4 is 33.9 Å². The highest BCUT2D eigenvalue weighted by Crippen LogP contribution is 2.24. The van der Waals surface area contributed by atoms with Crippen molar-refractivity contribution in [1.82, 2.24) is 0 Å². The first-order valence-corrected chi connectivity index (χ1v) is 7.98. The third-order valence-electron chi connectivity index (χ3n) is 3.24. The number of halogens is 1. The number of carbonyl (C=O) groups is 2. The standard InChI is InChI=1S/C16H22BrNO3/c1-3-9-18(10-5-4-6-16(20)21-2)15-8-7-14(17)11-13(15)12-19/h7-8,11-12H,3-6,9-10H2,1-2H3. The smallest absolute Gasteiger partial charge is 0.305 e. The zero-order valence-electron chi connectivity index (χ0n) is 12.6. The van der Waals surface area contributed by atoms with Crippen molar-refractivity contribution in [2.24, 2.45) is 0 Å². The van der Waals surface area contributed by atoms with E-state index in [0.717, 1.165) is 48.8 Å². The quantitative estimate of drug-likeness (QED) is 0.383. The average molecular weight is 356 g/mol. The minimum absolute atomic E-state index is 0.172. The fourth-order valence-electron chi connectivity index (χ4n) is 2.20. The van der Waals surface area contributed by atoms with E-state index < -0.39 is 0 Å². The Labute approximate surface area is 134 Å². The lowest BCUT2D eigenvalue weighted by molar-refractivity contribution is -0.140. The molecule has 0 heterocycles. The van der Waals surface area contributed by atoms with Gasteiger partial charge in [-0.25, -0.2) is 0 Å². The van der Waals surface area contributed by atoms with Crippen LogP contribution in [0, 0.1) is 0 Å². The number of benzene rings is 1. The normalized spacial score (nSPS) is 10.2. The number of nitrogens with zero attached hydrogens (tertiary/aromatic N) is 1. The van der Waals surface area contributed by atoms with Gasteiger partial charge in [0.2, 0.25) is 0 Å². The Hall–Kier alpha value is -1.36. The van der Waals surface area contributed by atoms with Gasteiger partial charge in [0.1, 0.15) is 0 Å². The van der Waals surface area contributed by atoms with Crippen LogP contribution in [0.5, 0.6) is 0 Å². The van der Waals surface area contributed by atoms with E-state index >= 15 is 0 Å². The molecule has 116 valence electrons. The molecular weight excluding hydrogens is 334 g/mol. The molecule has 0 bridgehead atoms. The molecule has 0 fully saturated rings. The van der Waals surface area contributed by atoms with Gasteiger partial charge in [-0.15, -0.1) is 0 Å². The van der Waals surface area contributed by atoms with Crippen molar-refractivity contribution in [3.63, 3.8) is 0 Å². The van der Waals surface area contributed by atoms with Crippen LogP contribution in [0.1, 0.15) is 43.0 Å². The number of anilines is 1. The Balaban J connectivity index is 2.68. The molecule has 0 amide bonds. The number of rotatable bonds is 9. The van der Waals surface area contributed by atoms with Gasteiger partial charge in [0, 0.05) is 35.2 Å². The highest BCUT2D eigenvalue weighted by molar-refractivity contribution is 9.10.